The van der Waals surface area contributed by atoms with Crippen molar-refractivity contribution in [2.24, 2.45) is 5.41 Å². The van der Waals surface area contributed by atoms with Crippen molar-refractivity contribution in [1.29, 1.82) is 0 Å². The summed E-state index contributed by atoms with van der Waals surface area (Å²) in [5.74, 6) is -1.21. The van der Waals surface area contributed by atoms with E-state index in [1.165, 1.54) is 0 Å². The summed E-state index contributed by atoms with van der Waals surface area (Å²) in [7, 11) is 1.57. The molecule has 0 spiro atoms. The van der Waals surface area contributed by atoms with Crippen molar-refractivity contribution < 1.29 is 34.0 Å². The Morgan fingerprint density at radius 1 is 1.00 bits per heavy atom. The van der Waals surface area contributed by atoms with E-state index in [1.807, 2.05) is 6.92 Å². The zero-order valence-corrected chi connectivity index (χ0v) is 15.3. The molecule has 0 aromatic heterocycles. The number of carbonyl (C=O) groups excluding carboxylic acids is 2. The highest BCUT2D eigenvalue weighted by Gasteiger charge is 2.16. The molecule has 0 saturated heterocycles. The van der Waals surface area contributed by atoms with Gasteiger partial charge in [0.1, 0.15) is 12.4 Å². The molecule has 0 fully saturated rings. The van der Waals surface area contributed by atoms with E-state index in [4.69, 9.17) is 19.7 Å². The molecule has 2 N–H and O–H groups in total. The van der Waals surface area contributed by atoms with Crippen LogP contribution in [0.5, 0.6) is 5.75 Å². The zero-order chi connectivity index (χ0) is 19.3. The van der Waals surface area contributed by atoms with Crippen LogP contribution in [0.3, 0.4) is 0 Å². The monoisotopic (exact) mass is 356 g/mol. The van der Waals surface area contributed by atoms with Crippen molar-refractivity contribution in [3.63, 3.8) is 0 Å². The van der Waals surface area contributed by atoms with E-state index >= 15 is 0 Å². The van der Waals surface area contributed by atoms with E-state index in [1.54, 1.807) is 45.2 Å². The number of hydrogen-bond acceptors (Lipinski definition) is 7. The van der Waals surface area contributed by atoms with Gasteiger partial charge < -0.3 is 24.4 Å². The van der Waals surface area contributed by atoms with Crippen LogP contribution in [0.15, 0.2) is 24.3 Å². The van der Waals surface area contributed by atoms with Crippen LogP contribution in [-0.4, -0.2) is 49.1 Å². The first-order chi connectivity index (χ1) is 11.8. The third kappa shape index (κ3) is 10.4. The van der Waals surface area contributed by atoms with Gasteiger partial charge in [-0.3, -0.25) is 0 Å². The standard InChI is InChI=1S/C13H16O5.C5H12O2/c1-3-8-17-12(14)13(15)18-9-10-4-6-11(16-2)7-5-10;1-5(2,3-6)4-7/h4-7H,3,8-9H2,1-2H3;6-7H,3-4H2,1-2H3. The molecule has 142 valence electrons. The van der Waals surface area contributed by atoms with E-state index < -0.39 is 11.9 Å². The number of carbonyl (C=O) groups is 2. The molecule has 7 heteroatoms. The lowest BCUT2D eigenvalue weighted by atomic mass is 9.97. The van der Waals surface area contributed by atoms with Gasteiger partial charge in [-0.25, -0.2) is 9.59 Å². The zero-order valence-electron chi connectivity index (χ0n) is 15.3. The topological polar surface area (TPSA) is 102 Å². The van der Waals surface area contributed by atoms with Crippen LogP contribution >= 0.6 is 0 Å². The summed E-state index contributed by atoms with van der Waals surface area (Å²) in [6.07, 6.45) is 0.664. The van der Waals surface area contributed by atoms with E-state index in [0.29, 0.717) is 12.2 Å². The Balaban J connectivity index is 0.000000697. The Hall–Kier alpha value is -2.12. The summed E-state index contributed by atoms with van der Waals surface area (Å²) >= 11 is 0. The Kier molecular flexibility index (Phi) is 11.2. The number of rotatable bonds is 7. The van der Waals surface area contributed by atoms with Crippen LogP contribution in [0.2, 0.25) is 0 Å². The maximum atomic E-state index is 11.2. The van der Waals surface area contributed by atoms with Gasteiger partial charge in [-0.05, 0) is 24.1 Å². The minimum Gasteiger partial charge on any atom is -0.497 e. The van der Waals surface area contributed by atoms with E-state index in [9.17, 15) is 9.59 Å². The second kappa shape index (κ2) is 12.3. The highest BCUT2D eigenvalue weighted by Crippen LogP contribution is 2.12. The molecule has 0 bridgehead atoms. The molecule has 0 unspecified atom stereocenters. The van der Waals surface area contributed by atoms with Gasteiger partial charge in [0.15, 0.2) is 0 Å². The number of aliphatic hydroxyl groups is 2. The summed E-state index contributed by atoms with van der Waals surface area (Å²) in [6, 6.07) is 7.00. The van der Waals surface area contributed by atoms with Gasteiger partial charge in [-0.15, -0.1) is 0 Å². The van der Waals surface area contributed by atoms with Crippen molar-refractivity contribution in [2.75, 3.05) is 26.9 Å². The highest BCUT2D eigenvalue weighted by atomic mass is 16.6. The smallest absolute Gasteiger partial charge is 0.417 e. The summed E-state index contributed by atoms with van der Waals surface area (Å²) in [6.45, 7) is 5.78. The number of hydrogen-bond donors (Lipinski definition) is 2. The summed E-state index contributed by atoms with van der Waals surface area (Å²) in [5.41, 5.74) is 0.465. The van der Waals surface area contributed by atoms with Crippen molar-refractivity contribution in [1.82, 2.24) is 0 Å². The van der Waals surface area contributed by atoms with Gasteiger partial charge in [0.05, 0.1) is 26.9 Å². The number of ether oxygens (including phenoxy) is 3. The lowest BCUT2D eigenvalue weighted by Gasteiger charge is -2.16. The normalized spacial score (nSPS) is 10.3. The number of methoxy groups -OCH3 is 1. The third-order valence-corrected chi connectivity index (χ3v) is 2.99. The van der Waals surface area contributed by atoms with Crippen molar-refractivity contribution in [2.45, 2.75) is 33.8 Å². The van der Waals surface area contributed by atoms with E-state index in [-0.39, 0.29) is 31.8 Å². The number of benzene rings is 1. The first-order valence-corrected chi connectivity index (χ1v) is 7.98. The molecule has 1 aromatic carbocycles. The predicted octanol–water partition coefficient (Wildman–Crippen LogP) is 1.69. The summed E-state index contributed by atoms with van der Waals surface area (Å²) in [5, 5.41) is 16.9. The Morgan fingerprint density at radius 2 is 1.52 bits per heavy atom. The second-order valence-corrected chi connectivity index (χ2v) is 6.04. The predicted molar refractivity (Wildman–Crippen MR) is 92.0 cm³/mol. The van der Waals surface area contributed by atoms with Gasteiger partial charge in [0, 0.05) is 5.41 Å². The quantitative estimate of drug-likeness (QED) is 0.566. The molecule has 0 amide bonds. The van der Waals surface area contributed by atoms with Gasteiger partial charge in [-0.2, -0.15) is 0 Å². The molecular weight excluding hydrogens is 328 g/mol. The molecule has 0 aliphatic rings. The fourth-order valence-electron chi connectivity index (χ4n) is 1.23. The third-order valence-electron chi connectivity index (χ3n) is 2.99. The van der Waals surface area contributed by atoms with Crippen molar-refractivity contribution >= 4 is 11.9 Å². The molecule has 25 heavy (non-hydrogen) atoms. The largest absolute Gasteiger partial charge is 0.497 e. The van der Waals surface area contributed by atoms with Crippen LogP contribution in [-0.2, 0) is 25.7 Å². The molecule has 0 heterocycles. The SMILES string of the molecule is CC(C)(CO)CO.CCCOC(=O)C(=O)OCc1ccc(OC)cc1. The van der Waals surface area contributed by atoms with Gasteiger partial charge in [0.25, 0.3) is 0 Å². The van der Waals surface area contributed by atoms with E-state index in [0.717, 1.165) is 5.56 Å². The minimum atomic E-state index is -0.973. The van der Waals surface area contributed by atoms with Crippen LogP contribution in [0.25, 0.3) is 0 Å². The Morgan fingerprint density at radius 3 is 1.92 bits per heavy atom. The minimum absolute atomic E-state index is 0.0318. The fraction of sp³-hybridized carbons (Fsp3) is 0.556. The Labute approximate surface area is 148 Å². The molecule has 1 aromatic rings. The van der Waals surface area contributed by atoms with Crippen LogP contribution < -0.4 is 4.74 Å². The Bertz CT molecular complexity index is 503. The molecule has 7 nitrogen and oxygen atoms in total. The van der Waals surface area contributed by atoms with Gasteiger partial charge in [-0.1, -0.05) is 32.9 Å². The average Bonchev–Trinajstić information content (AvgIpc) is 2.64. The molecule has 0 saturated carbocycles. The number of esters is 2. The molecule has 1 rings (SSSR count). The summed E-state index contributed by atoms with van der Waals surface area (Å²) in [4.78, 5) is 22.3. The van der Waals surface area contributed by atoms with Gasteiger partial charge in [0.2, 0.25) is 0 Å². The van der Waals surface area contributed by atoms with Crippen LogP contribution in [0.1, 0.15) is 32.8 Å². The molecule has 0 atom stereocenters. The molecular formula is C18H28O7. The second-order valence-electron chi connectivity index (χ2n) is 6.04. The fourth-order valence-corrected chi connectivity index (χ4v) is 1.23. The first-order valence-electron chi connectivity index (χ1n) is 7.98. The first kappa shape index (κ1) is 22.9. The van der Waals surface area contributed by atoms with Gasteiger partial charge >= 0.3 is 11.9 Å². The lowest BCUT2D eigenvalue weighted by Crippen LogP contribution is -2.20. The molecule has 0 aliphatic heterocycles. The van der Waals surface area contributed by atoms with Crippen LogP contribution in [0.4, 0.5) is 0 Å². The highest BCUT2D eigenvalue weighted by molar-refractivity contribution is 6.29. The molecule has 0 aliphatic carbocycles. The maximum absolute atomic E-state index is 11.2. The van der Waals surface area contributed by atoms with Crippen LogP contribution in [0, 0.1) is 5.41 Å². The summed E-state index contributed by atoms with van der Waals surface area (Å²) < 4.78 is 14.4. The van der Waals surface area contributed by atoms with E-state index in [2.05, 4.69) is 4.74 Å². The van der Waals surface area contributed by atoms with Crippen molar-refractivity contribution in [3.05, 3.63) is 29.8 Å². The average molecular weight is 356 g/mol. The number of aliphatic hydroxyl groups excluding tert-OH is 2. The molecule has 0 radical (unpaired) electrons. The maximum Gasteiger partial charge on any atom is 0.417 e. The van der Waals surface area contributed by atoms with Crippen molar-refractivity contribution in [3.8, 4) is 5.75 Å². The lowest BCUT2D eigenvalue weighted by molar-refractivity contribution is -0.168.